The number of hydrogen-bond acceptors (Lipinski definition) is 5. The van der Waals surface area contributed by atoms with Gasteiger partial charge in [0.2, 0.25) is 0 Å². The molecule has 4 rings (SSSR count). The summed E-state index contributed by atoms with van der Waals surface area (Å²) in [5.41, 5.74) is 5.05. The number of carbonyl (C=O) groups excluding carboxylic acids is 1. The number of hydrogen-bond donors (Lipinski definition) is 2. The van der Waals surface area contributed by atoms with Crippen LogP contribution in [0.2, 0.25) is 0 Å². The predicted molar refractivity (Wildman–Crippen MR) is 131 cm³/mol. The van der Waals surface area contributed by atoms with Gasteiger partial charge < -0.3 is 5.32 Å². The number of nitrogens with one attached hydrogen (secondary N) is 2. The van der Waals surface area contributed by atoms with Crippen LogP contribution in [0.1, 0.15) is 62.4 Å². The summed E-state index contributed by atoms with van der Waals surface area (Å²) in [6, 6.07) is 17.7. The van der Waals surface area contributed by atoms with E-state index in [0.717, 1.165) is 38.3 Å². The number of benzene rings is 2. The molecule has 6 nitrogen and oxygen atoms in total. The highest BCUT2D eigenvalue weighted by Crippen LogP contribution is 2.31. The van der Waals surface area contributed by atoms with E-state index in [1.165, 1.54) is 41.5 Å². The van der Waals surface area contributed by atoms with E-state index in [1.54, 1.807) is 6.92 Å². The molecule has 174 valence electrons. The van der Waals surface area contributed by atoms with Crippen molar-refractivity contribution in [3.05, 3.63) is 65.5 Å². The third-order valence-corrected chi connectivity index (χ3v) is 6.98. The number of ketones is 1. The van der Waals surface area contributed by atoms with Crippen molar-refractivity contribution < 1.29 is 4.79 Å². The molecule has 33 heavy (non-hydrogen) atoms. The highest BCUT2D eigenvalue weighted by atomic mass is 16.1. The summed E-state index contributed by atoms with van der Waals surface area (Å²) in [6.45, 7) is 6.07. The maximum Gasteiger partial charge on any atom is 0.178 e. The molecule has 0 aliphatic carbocycles. The van der Waals surface area contributed by atoms with Crippen LogP contribution in [0.4, 0.5) is 0 Å². The van der Waals surface area contributed by atoms with Gasteiger partial charge in [0.25, 0.3) is 0 Å². The molecule has 0 unspecified atom stereocenters. The van der Waals surface area contributed by atoms with Gasteiger partial charge in [-0.05, 0) is 80.3 Å². The van der Waals surface area contributed by atoms with Crippen molar-refractivity contribution in [1.82, 2.24) is 25.9 Å². The van der Waals surface area contributed by atoms with E-state index in [-0.39, 0.29) is 17.6 Å². The molecule has 2 aromatic carbocycles. The molecule has 0 saturated carbocycles. The molecule has 1 aromatic heterocycles. The van der Waals surface area contributed by atoms with Crippen molar-refractivity contribution in [3.8, 4) is 11.1 Å². The fourth-order valence-electron chi connectivity index (χ4n) is 5.08. The van der Waals surface area contributed by atoms with Gasteiger partial charge in [0.1, 0.15) is 5.78 Å². The van der Waals surface area contributed by atoms with E-state index in [2.05, 4.69) is 81.4 Å². The zero-order valence-corrected chi connectivity index (χ0v) is 19.8. The predicted octanol–water partition coefficient (Wildman–Crippen LogP) is 4.74. The first-order valence-corrected chi connectivity index (χ1v) is 12.3. The van der Waals surface area contributed by atoms with E-state index in [0.29, 0.717) is 5.82 Å². The van der Waals surface area contributed by atoms with Crippen LogP contribution in [0.5, 0.6) is 0 Å². The van der Waals surface area contributed by atoms with E-state index in [1.807, 2.05) is 0 Å². The average Bonchev–Trinajstić information content (AvgIpc) is 3.38. The fourth-order valence-corrected chi connectivity index (χ4v) is 5.08. The number of aromatic nitrogens is 4. The minimum absolute atomic E-state index is 0.0682. The van der Waals surface area contributed by atoms with E-state index in [4.69, 9.17) is 0 Å². The Kier molecular flexibility index (Phi) is 8.00. The molecule has 3 aromatic rings. The molecular formula is C27H35N5O. The Bertz CT molecular complexity index is 992. The number of tetrazole rings is 1. The molecule has 1 saturated heterocycles. The Morgan fingerprint density at radius 2 is 1.64 bits per heavy atom. The van der Waals surface area contributed by atoms with Gasteiger partial charge >= 0.3 is 0 Å². The summed E-state index contributed by atoms with van der Waals surface area (Å²) >= 11 is 0. The standard InChI is InChI=1S/C27H35N5O/c1-3-4-25(19(2)33)26(27-29-31-32-30-27)18-21-7-11-24(12-8-21)23-9-5-20(6-10-23)17-22-13-15-28-16-14-22/h5-12,22,25-26,28H,3-4,13-18H2,1-2H3,(H,29,30,31,32)/t25-,26+/m1/s1. The Hall–Kier alpha value is -2.86. The summed E-state index contributed by atoms with van der Waals surface area (Å²) in [4.78, 5) is 12.4. The molecule has 0 radical (unpaired) electrons. The topological polar surface area (TPSA) is 83.6 Å². The number of aromatic amines is 1. The Morgan fingerprint density at radius 1 is 1.00 bits per heavy atom. The number of carbonyl (C=O) groups is 1. The van der Waals surface area contributed by atoms with E-state index in [9.17, 15) is 4.79 Å². The second-order valence-corrected chi connectivity index (χ2v) is 9.38. The molecule has 1 fully saturated rings. The normalized spacial score (nSPS) is 16.4. The Labute approximate surface area is 196 Å². The first-order chi connectivity index (χ1) is 16.1. The van der Waals surface area contributed by atoms with Crippen LogP contribution in [-0.4, -0.2) is 39.5 Å². The summed E-state index contributed by atoms with van der Waals surface area (Å²) in [5, 5.41) is 18.1. The highest BCUT2D eigenvalue weighted by Gasteiger charge is 2.29. The van der Waals surface area contributed by atoms with Crippen LogP contribution in [0.15, 0.2) is 48.5 Å². The van der Waals surface area contributed by atoms with Crippen molar-refractivity contribution in [2.45, 2.75) is 58.3 Å². The lowest BCUT2D eigenvalue weighted by Crippen LogP contribution is -2.28. The third-order valence-electron chi connectivity index (χ3n) is 6.98. The summed E-state index contributed by atoms with van der Waals surface area (Å²) in [5.74, 6) is 1.45. The minimum atomic E-state index is -0.0974. The zero-order valence-electron chi connectivity index (χ0n) is 19.8. The van der Waals surface area contributed by atoms with Crippen LogP contribution in [0.25, 0.3) is 11.1 Å². The monoisotopic (exact) mass is 445 g/mol. The van der Waals surface area contributed by atoms with Gasteiger partial charge in [0, 0.05) is 11.8 Å². The second-order valence-electron chi connectivity index (χ2n) is 9.38. The maximum absolute atomic E-state index is 12.4. The Morgan fingerprint density at radius 3 is 2.18 bits per heavy atom. The zero-order chi connectivity index (χ0) is 23.0. The van der Waals surface area contributed by atoms with Gasteiger partial charge in [0.15, 0.2) is 5.82 Å². The first-order valence-electron chi connectivity index (χ1n) is 12.3. The second kappa shape index (κ2) is 11.3. The number of nitrogens with zero attached hydrogens (tertiary/aromatic N) is 3. The summed E-state index contributed by atoms with van der Waals surface area (Å²) in [6.07, 6.45) is 6.22. The summed E-state index contributed by atoms with van der Waals surface area (Å²) < 4.78 is 0. The molecule has 0 spiro atoms. The summed E-state index contributed by atoms with van der Waals surface area (Å²) in [7, 11) is 0. The van der Waals surface area contributed by atoms with Crippen LogP contribution in [-0.2, 0) is 17.6 Å². The number of H-pyrrole nitrogens is 1. The molecular weight excluding hydrogens is 410 g/mol. The van der Waals surface area contributed by atoms with Crippen molar-refractivity contribution in [1.29, 1.82) is 0 Å². The van der Waals surface area contributed by atoms with Crippen LogP contribution >= 0.6 is 0 Å². The van der Waals surface area contributed by atoms with Gasteiger partial charge in [-0.25, -0.2) is 0 Å². The largest absolute Gasteiger partial charge is 0.317 e. The minimum Gasteiger partial charge on any atom is -0.317 e. The molecule has 0 bridgehead atoms. The molecule has 2 N–H and O–H groups in total. The van der Waals surface area contributed by atoms with Gasteiger partial charge in [-0.15, -0.1) is 10.2 Å². The number of piperidine rings is 1. The van der Waals surface area contributed by atoms with Crippen LogP contribution < -0.4 is 5.32 Å². The number of rotatable bonds is 10. The average molecular weight is 446 g/mol. The quantitative estimate of drug-likeness (QED) is 0.471. The molecule has 1 aliphatic heterocycles. The molecule has 2 atom stereocenters. The maximum atomic E-state index is 12.4. The fraction of sp³-hybridized carbons (Fsp3) is 0.481. The SMILES string of the molecule is CCC[C@H](C(C)=O)[C@H](Cc1ccc(-c2ccc(CC3CCNCC3)cc2)cc1)c1nn[nH]n1. The molecule has 2 heterocycles. The first kappa shape index (κ1) is 23.3. The van der Waals surface area contributed by atoms with Crippen LogP contribution in [0, 0.1) is 11.8 Å². The van der Waals surface area contributed by atoms with Crippen molar-refractivity contribution in [2.75, 3.05) is 13.1 Å². The van der Waals surface area contributed by atoms with Gasteiger partial charge in [0.05, 0.1) is 0 Å². The molecule has 6 heteroatoms. The van der Waals surface area contributed by atoms with Crippen molar-refractivity contribution in [3.63, 3.8) is 0 Å². The van der Waals surface area contributed by atoms with Gasteiger partial charge in [-0.3, -0.25) is 4.79 Å². The van der Waals surface area contributed by atoms with E-state index < -0.39 is 0 Å². The van der Waals surface area contributed by atoms with E-state index >= 15 is 0 Å². The van der Waals surface area contributed by atoms with Crippen molar-refractivity contribution in [2.24, 2.45) is 11.8 Å². The van der Waals surface area contributed by atoms with Crippen LogP contribution in [0.3, 0.4) is 0 Å². The highest BCUT2D eigenvalue weighted by molar-refractivity contribution is 5.79. The third kappa shape index (κ3) is 6.14. The van der Waals surface area contributed by atoms with Gasteiger partial charge in [-0.2, -0.15) is 5.21 Å². The molecule has 0 amide bonds. The lowest BCUT2D eigenvalue weighted by Gasteiger charge is -2.22. The lowest BCUT2D eigenvalue weighted by atomic mass is 9.81. The number of Topliss-reactive ketones (excluding diaryl/α,β-unsaturated/α-hetero) is 1. The lowest BCUT2D eigenvalue weighted by molar-refractivity contribution is -0.121. The van der Waals surface area contributed by atoms with Crippen molar-refractivity contribution >= 4 is 5.78 Å². The Balaban J connectivity index is 1.45. The molecule has 1 aliphatic rings. The van der Waals surface area contributed by atoms with Gasteiger partial charge in [-0.1, -0.05) is 67.1 Å². The smallest absolute Gasteiger partial charge is 0.178 e.